The highest BCUT2D eigenvalue weighted by atomic mass is 35.5. The van der Waals surface area contributed by atoms with Gasteiger partial charge in [0.1, 0.15) is 6.10 Å². The van der Waals surface area contributed by atoms with Crippen LogP contribution in [0.3, 0.4) is 0 Å². The first-order valence-electron chi connectivity index (χ1n) is 5.51. The largest absolute Gasteiger partial charge is 0.389 e. The van der Waals surface area contributed by atoms with Crippen molar-refractivity contribution in [3.8, 4) is 0 Å². The lowest BCUT2D eigenvalue weighted by Crippen LogP contribution is -2.39. The Morgan fingerprint density at radius 1 is 1.47 bits per heavy atom. The van der Waals surface area contributed by atoms with Crippen LogP contribution in [-0.2, 0) is 9.47 Å². The number of ether oxygens (including phenoxy) is 2. The molecule has 1 N–H and O–H groups in total. The van der Waals surface area contributed by atoms with Gasteiger partial charge in [-0.3, -0.25) is 0 Å². The zero-order valence-corrected chi connectivity index (χ0v) is 10.9. The molecule has 1 aromatic rings. The normalized spacial score (nSPS) is 22.4. The third kappa shape index (κ3) is 4.16. The fourth-order valence-corrected chi connectivity index (χ4v) is 2.79. The van der Waals surface area contributed by atoms with Gasteiger partial charge in [0.2, 0.25) is 0 Å². The van der Waals surface area contributed by atoms with Gasteiger partial charge in [-0.25, -0.2) is 0 Å². The van der Waals surface area contributed by atoms with Crippen LogP contribution in [0.5, 0.6) is 0 Å². The highest BCUT2D eigenvalue weighted by Crippen LogP contribution is 2.23. The Balaban J connectivity index is 1.80. The van der Waals surface area contributed by atoms with E-state index in [2.05, 4.69) is 0 Å². The van der Waals surface area contributed by atoms with Crippen LogP contribution in [0.1, 0.15) is 0 Å². The maximum atomic E-state index is 9.95. The van der Waals surface area contributed by atoms with Gasteiger partial charge >= 0.3 is 0 Å². The summed E-state index contributed by atoms with van der Waals surface area (Å²) in [6.45, 7) is 1.64. The van der Waals surface area contributed by atoms with E-state index in [4.69, 9.17) is 21.1 Å². The molecule has 1 aliphatic rings. The maximum Gasteiger partial charge on any atom is 0.108 e. The first kappa shape index (κ1) is 13.2. The Kier molecular flexibility index (Phi) is 5.13. The van der Waals surface area contributed by atoms with Gasteiger partial charge in [-0.1, -0.05) is 17.7 Å². The first-order chi connectivity index (χ1) is 8.25. The molecule has 1 aromatic carbocycles. The lowest BCUT2D eigenvalue weighted by molar-refractivity contribution is -0.126. The molecule has 2 unspecified atom stereocenters. The average molecular weight is 275 g/mol. The van der Waals surface area contributed by atoms with E-state index in [1.54, 1.807) is 11.8 Å². The van der Waals surface area contributed by atoms with Crippen molar-refractivity contribution in [1.82, 2.24) is 0 Å². The fraction of sp³-hybridized carbons (Fsp3) is 0.500. The second kappa shape index (κ2) is 6.61. The minimum Gasteiger partial charge on any atom is -0.389 e. The summed E-state index contributed by atoms with van der Waals surface area (Å²) in [6.07, 6.45) is -0.727. The summed E-state index contributed by atoms with van der Waals surface area (Å²) in [5.41, 5.74) is 0. The molecule has 1 saturated heterocycles. The fourth-order valence-electron chi connectivity index (χ4n) is 1.57. The quantitative estimate of drug-likeness (QED) is 0.855. The summed E-state index contributed by atoms with van der Waals surface area (Å²) in [5, 5.41) is 10.7. The molecule has 1 fully saturated rings. The zero-order valence-electron chi connectivity index (χ0n) is 9.34. The smallest absolute Gasteiger partial charge is 0.108 e. The molecule has 0 radical (unpaired) electrons. The van der Waals surface area contributed by atoms with Gasteiger partial charge in [0.25, 0.3) is 0 Å². The second-order valence-corrected chi connectivity index (χ2v) is 5.35. The molecule has 0 saturated carbocycles. The van der Waals surface area contributed by atoms with Gasteiger partial charge in [0, 0.05) is 15.7 Å². The van der Waals surface area contributed by atoms with Crippen molar-refractivity contribution >= 4 is 23.4 Å². The Morgan fingerprint density at radius 2 is 2.35 bits per heavy atom. The van der Waals surface area contributed by atoms with Crippen molar-refractivity contribution in [3.63, 3.8) is 0 Å². The van der Waals surface area contributed by atoms with Crippen LogP contribution in [0, 0.1) is 0 Å². The Hall–Kier alpha value is -0.260. The van der Waals surface area contributed by atoms with Gasteiger partial charge in [0.05, 0.1) is 25.9 Å². The van der Waals surface area contributed by atoms with E-state index in [9.17, 15) is 5.11 Å². The van der Waals surface area contributed by atoms with Gasteiger partial charge in [-0.15, -0.1) is 11.8 Å². The van der Waals surface area contributed by atoms with Gasteiger partial charge in [0.15, 0.2) is 0 Å². The topological polar surface area (TPSA) is 38.7 Å². The SMILES string of the molecule is OC(CSc1cccc(Cl)c1)C1COCCO1. The van der Waals surface area contributed by atoms with E-state index in [0.29, 0.717) is 30.6 Å². The van der Waals surface area contributed by atoms with Crippen molar-refractivity contribution in [3.05, 3.63) is 29.3 Å². The van der Waals surface area contributed by atoms with Crippen molar-refractivity contribution in [2.75, 3.05) is 25.6 Å². The van der Waals surface area contributed by atoms with Gasteiger partial charge < -0.3 is 14.6 Å². The van der Waals surface area contributed by atoms with E-state index in [-0.39, 0.29) is 6.10 Å². The average Bonchev–Trinajstić information content (AvgIpc) is 2.37. The number of hydrogen-bond donors (Lipinski definition) is 1. The van der Waals surface area contributed by atoms with Crippen LogP contribution in [0.25, 0.3) is 0 Å². The van der Waals surface area contributed by atoms with E-state index in [0.717, 1.165) is 4.90 Å². The third-order valence-electron chi connectivity index (χ3n) is 2.49. The molecule has 94 valence electrons. The van der Waals surface area contributed by atoms with Gasteiger partial charge in [-0.2, -0.15) is 0 Å². The van der Waals surface area contributed by atoms with Gasteiger partial charge in [-0.05, 0) is 18.2 Å². The van der Waals surface area contributed by atoms with Crippen LogP contribution in [0.2, 0.25) is 5.02 Å². The minimum absolute atomic E-state index is 0.213. The highest BCUT2D eigenvalue weighted by molar-refractivity contribution is 7.99. The first-order valence-corrected chi connectivity index (χ1v) is 6.88. The molecule has 0 bridgehead atoms. The summed E-state index contributed by atoms with van der Waals surface area (Å²) in [4.78, 5) is 1.05. The van der Waals surface area contributed by atoms with E-state index >= 15 is 0 Å². The molecule has 0 spiro atoms. The highest BCUT2D eigenvalue weighted by Gasteiger charge is 2.23. The molecule has 1 aliphatic heterocycles. The molecule has 0 aliphatic carbocycles. The molecule has 17 heavy (non-hydrogen) atoms. The van der Waals surface area contributed by atoms with Crippen molar-refractivity contribution in [2.45, 2.75) is 17.1 Å². The number of hydrogen-bond acceptors (Lipinski definition) is 4. The lowest BCUT2D eigenvalue weighted by atomic mass is 10.2. The summed E-state index contributed by atoms with van der Waals surface area (Å²) in [7, 11) is 0. The Labute approximate surface area is 110 Å². The van der Waals surface area contributed by atoms with Crippen LogP contribution in [0.4, 0.5) is 0 Å². The molecule has 5 heteroatoms. The molecular formula is C12H15ClO3S. The molecular weight excluding hydrogens is 260 g/mol. The number of rotatable bonds is 4. The van der Waals surface area contributed by atoms with Crippen molar-refractivity contribution in [2.24, 2.45) is 0 Å². The van der Waals surface area contributed by atoms with Crippen molar-refractivity contribution < 1.29 is 14.6 Å². The minimum atomic E-state index is -0.515. The lowest BCUT2D eigenvalue weighted by Gasteiger charge is -2.26. The summed E-state index contributed by atoms with van der Waals surface area (Å²) >= 11 is 7.45. The number of halogens is 1. The predicted molar refractivity (Wildman–Crippen MR) is 68.7 cm³/mol. The monoisotopic (exact) mass is 274 g/mol. The van der Waals surface area contributed by atoms with E-state index in [1.165, 1.54) is 0 Å². The maximum absolute atomic E-state index is 9.95. The second-order valence-electron chi connectivity index (χ2n) is 3.82. The summed E-state index contributed by atoms with van der Waals surface area (Å²) in [6, 6.07) is 7.59. The standard InChI is InChI=1S/C12H15ClO3S/c13-9-2-1-3-10(6-9)17-8-11(14)12-7-15-4-5-16-12/h1-3,6,11-12,14H,4-5,7-8H2. The zero-order chi connectivity index (χ0) is 12.1. The predicted octanol–water partition coefficient (Wildman–Crippen LogP) is 2.21. The molecule has 3 nitrogen and oxygen atoms in total. The summed E-state index contributed by atoms with van der Waals surface area (Å²) in [5.74, 6) is 0.578. The number of aliphatic hydroxyl groups is 1. The van der Waals surface area contributed by atoms with Crippen LogP contribution in [0.15, 0.2) is 29.2 Å². The van der Waals surface area contributed by atoms with E-state index < -0.39 is 6.10 Å². The molecule has 1 heterocycles. The third-order valence-corrected chi connectivity index (χ3v) is 3.82. The van der Waals surface area contributed by atoms with Crippen molar-refractivity contribution in [1.29, 1.82) is 0 Å². The van der Waals surface area contributed by atoms with Crippen LogP contribution < -0.4 is 0 Å². The molecule has 2 rings (SSSR count). The number of aliphatic hydroxyl groups excluding tert-OH is 1. The number of thioether (sulfide) groups is 1. The molecule has 0 amide bonds. The van der Waals surface area contributed by atoms with E-state index in [1.807, 2.05) is 24.3 Å². The number of benzene rings is 1. The summed E-state index contributed by atoms with van der Waals surface area (Å²) < 4.78 is 10.7. The van der Waals surface area contributed by atoms with Crippen LogP contribution >= 0.6 is 23.4 Å². The molecule has 2 atom stereocenters. The Bertz CT molecular complexity index is 355. The Morgan fingerprint density at radius 3 is 3.06 bits per heavy atom. The van der Waals surface area contributed by atoms with Crippen LogP contribution in [-0.4, -0.2) is 42.9 Å². The molecule has 0 aromatic heterocycles.